The third-order valence-corrected chi connectivity index (χ3v) is 5.60. The van der Waals surface area contributed by atoms with Gasteiger partial charge in [0.2, 0.25) is 0 Å². The normalized spacial score (nSPS) is 16.6. The minimum atomic E-state index is -0.0295. The van der Waals surface area contributed by atoms with Crippen LogP contribution in [0.2, 0.25) is 0 Å². The van der Waals surface area contributed by atoms with Crippen LogP contribution < -0.4 is 0 Å². The Kier molecular flexibility index (Phi) is 5.01. The predicted octanol–water partition coefficient (Wildman–Crippen LogP) is 3.51. The molecule has 2 heterocycles. The van der Waals surface area contributed by atoms with Crippen LogP contribution in [0.5, 0.6) is 0 Å². The highest BCUT2D eigenvalue weighted by Gasteiger charge is 2.26. The van der Waals surface area contributed by atoms with Crippen LogP contribution in [0.15, 0.2) is 54.6 Å². The second-order valence-corrected chi connectivity index (χ2v) is 7.76. The molecule has 144 valence electrons. The van der Waals surface area contributed by atoms with E-state index in [4.69, 9.17) is 0 Å². The molecule has 0 fully saturated rings. The molecule has 0 bridgehead atoms. The van der Waals surface area contributed by atoms with Gasteiger partial charge in [0.15, 0.2) is 0 Å². The Labute approximate surface area is 166 Å². The summed E-state index contributed by atoms with van der Waals surface area (Å²) in [6.07, 6.45) is 0.960. The van der Waals surface area contributed by atoms with Crippen molar-refractivity contribution in [2.45, 2.75) is 25.9 Å². The number of aromatic nitrogens is 2. The van der Waals surface area contributed by atoms with Crippen LogP contribution in [-0.4, -0.2) is 52.6 Å². The van der Waals surface area contributed by atoms with E-state index in [2.05, 4.69) is 53.3 Å². The minimum Gasteiger partial charge on any atom is -0.339 e. The second kappa shape index (κ2) is 7.60. The molecule has 0 aliphatic carbocycles. The lowest BCUT2D eigenvalue weighted by molar-refractivity contribution is 0.0728. The molecule has 1 N–H and O–H groups in total. The number of fused-ring (bicyclic) bond motifs is 1. The summed E-state index contributed by atoms with van der Waals surface area (Å²) in [5.41, 5.74) is 6.29. The van der Waals surface area contributed by atoms with Crippen molar-refractivity contribution in [1.82, 2.24) is 20.0 Å². The minimum absolute atomic E-state index is 0.0295. The number of carbonyl (C=O) groups is 1. The van der Waals surface area contributed by atoms with Crippen molar-refractivity contribution in [1.29, 1.82) is 0 Å². The SMILES string of the molecule is Cc1ccc(-c2cc(C(=O)N(C)CC3Cc4ccccc4CN3C)[nH]n2)cc1. The van der Waals surface area contributed by atoms with E-state index in [-0.39, 0.29) is 5.91 Å². The van der Waals surface area contributed by atoms with Gasteiger partial charge in [0.25, 0.3) is 5.91 Å². The van der Waals surface area contributed by atoms with Gasteiger partial charge in [-0.05, 0) is 37.6 Å². The zero-order valence-corrected chi connectivity index (χ0v) is 16.6. The first kappa shape index (κ1) is 18.4. The van der Waals surface area contributed by atoms with Crippen molar-refractivity contribution < 1.29 is 4.79 Å². The van der Waals surface area contributed by atoms with Gasteiger partial charge in [-0.3, -0.25) is 14.8 Å². The average molecular weight is 374 g/mol. The van der Waals surface area contributed by atoms with Crippen LogP contribution in [0.4, 0.5) is 0 Å². The van der Waals surface area contributed by atoms with Crippen molar-refractivity contribution >= 4 is 5.91 Å². The van der Waals surface area contributed by atoms with Gasteiger partial charge >= 0.3 is 0 Å². The Morgan fingerprint density at radius 1 is 1.18 bits per heavy atom. The van der Waals surface area contributed by atoms with Gasteiger partial charge < -0.3 is 4.90 Å². The molecule has 1 aliphatic rings. The summed E-state index contributed by atoms with van der Waals surface area (Å²) in [7, 11) is 3.99. The molecular weight excluding hydrogens is 348 g/mol. The molecule has 0 saturated heterocycles. The molecule has 0 saturated carbocycles. The number of hydrogen-bond donors (Lipinski definition) is 1. The van der Waals surface area contributed by atoms with Crippen LogP contribution >= 0.6 is 0 Å². The molecule has 0 spiro atoms. The average Bonchev–Trinajstić information content (AvgIpc) is 3.18. The van der Waals surface area contributed by atoms with Gasteiger partial charge in [-0.1, -0.05) is 54.1 Å². The number of H-pyrrole nitrogens is 1. The summed E-state index contributed by atoms with van der Waals surface area (Å²) < 4.78 is 0. The van der Waals surface area contributed by atoms with Crippen LogP contribution in [0.25, 0.3) is 11.3 Å². The second-order valence-electron chi connectivity index (χ2n) is 7.76. The summed E-state index contributed by atoms with van der Waals surface area (Å²) >= 11 is 0. The van der Waals surface area contributed by atoms with E-state index >= 15 is 0 Å². The standard InChI is InChI=1S/C23H26N4O/c1-16-8-10-17(11-9-16)21-13-22(25-24-21)23(28)27(3)15-20-12-18-6-4-5-7-19(18)14-26(20)2/h4-11,13,20H,12,14-15H2,1-3H3,(H,24,25). The van der Waals surface area contributed by atoms with E-state index in [1.807, 2.05) is 37.4 Å². The molecule has 4 rings (SSSR count). The first-order valence-corrected chi connectivity index (χ1v) is 9.66. The van der Waals surface area contributed by atoms with Crippen molar-refractivity contribution in [3.63, 3.8) is 0 Å². The number of aromatic amines is 1. The largest absolute Gasteiger partial charge is 0.339 e. The number of likely N-dealkylation sites (N-methyl/N-ethyl adjacent to an activating group) is 2. The molecule has 1 atom stereocenters. The van der Waals surface area contributed by atoms with Crippen molar-refractivity contribution in [3.8, 4) is 11.3 Å². The van der Waals surface area contributed by atoms with Gasteiger partial charge in [0, 0.05) is 31.7 Å². The van der Waals surface area contributed by atoms with Crippen LogP contribution in [-0.2, 0) is 13.0 Å². The van der Waals surface area contributed by atoms with Crippen LogP contribution in [0.3, 0.4) is 0 Å². The lowest BCUT2D eigenvalue weighted by atomic mass is 9.94. The van der Waals surface area contributed by atoms with E-state index in [1.165, 1.54) is 16.7 Å². The molecule has 0 radical (unpaired) electrons. The molecule has 5 nitrogen and oxygen atoms in total. The molecule has 1 aromatic heterocycles. The summed E-state index contributed by atoms with van der Waals surface area (Å²) in [5.74, 6) is -0.0295. The van der Waals surface area contributed by atoms with Crippen molar-refractivity contribution in [3.05, 3.63) is 77.0 Å². The van der Waals surface area contributed by atoms with E-state index in [0.29, 0.717) is 18.3 Å². The molecule has 1 unspecified atom stereocenters. The van der Waals surface area contributed by atoms with Gasteiger partial charge in [-0.2, -0.15) is 5.10 Å². The van der Waals surface area contributed by atoms with E-state index in [1.54, 1.807) is 4.90 Å². The monoisotopic (exact) mass is 374 g/mol. The highest BCUT2D eigenvalue weighted by Crippen LogP contribution is 2.23. The Bertz CT molecular complexity index is 976. The Balaban J connectivity index is 1.45. The number of amides is 1. The fourth-order valence-electron chi connectivity index (χ4n) is 3.83. The molecular formula is C23H26N4O. The number of hydrogen-bond acceptors (Lipinski definition) is 3. The van der Waals surface area contributed by atoms with Gasteiger partial charge in [0.1, 0.15) is 5.69 Å². The predicted molar refractivity (Wildman–Crippen MR) is 111 cm³/mol. The van der Waals surface area contributed by atoms with Crippen LogP contribution in [0.1, 0.15) is 27.2 Å². The fourth-order valence-corrected chi connectivity index (χ4v) is 3.83. The maximum absolute atomic E-state index is 12.9. The van der Waals surface area contributed by atoms with E-state index in [9.17, 15) is 4.79 Å². The lowest BCUT2D eigenvalue weighted by Crippen LogP contribution is -2.46. The van der Waals surface area contributed by atoms with Gasteiger partial charge in [-0.25, -0.2) is 0 Å². The van der Waals surface area contributed by atoms with Crippen LogP contribution in [0, 0.1) is 6.92 Å². The summed E-state index contributed by atoms with van der Waals surface area (Å²) in [6, 6.07) is 18.9. The quantitative estimate of drug-likeness (QED) is 0.760. The molecule has 1 aliphatic heterocycles. The topological polar surface area (TPSA) is 52.2 Å². The molecule has 1 amide bonds. The first-order valence-electron chi connectivity index (χ1n) is 9.66. The van der Waals surface area contributed by atoms with Crippen molar-refractivity contribution in [2.24, 2.45) is 0 Å². The highest BCUT2D eigenvalue weighted by atomic mass is 16.2. The van der Waals surface area contributed by atoms with E-state index < -0.39 is 0 Å². The third-order valence-electron chi connectivity index (χ3n) is 5.60. The maximum atomic E-state index is 12.9. The Morgan fingerprint density at radius 2 is 1.89 bits per heavy atom. The number of aryl methyl sites for hydroxylation is 1. The first-order chi connectivity index (χ1) is 13.5. The zero-order valence-electron chi connectivity index (χ0n) is 16.6. The number of rotatable bonds is 4. The third kappa shape index (κ3) is 3.71. The van der Waals surface area contributed by atoms with E-state index in [0.717, 1.165) is 24.2 Å². The Morgan fingerprint density at radius 3 is 2.64 bits per heavy atom. The number of nitrogens with zero attached hydrogens (tertiary/aromatic N) is 3. The number of carbonyl (C=O) groups excluding carboxylic acids is 1. The maximum Gasteiger partial charge on any atom is 0.271 e. The van der Waals surface area contributed by atoms with Gasteiger partial charge in [0.05, 0.1) is 5.69 Å². The number of nitrogens with one attached hydrogen (secondary N) is 1. The Hall–Kier alpha value is -2.92. The molecule has 3 aromatic rings. The summed E-state index contributed by atoms with van der Waals surface area (Å²) in [5, 5.41) is 7.24. The zero-order chi connectivity index (χ0) is 19.7. The molecule has 2 aromatic carbocycles. The van der Waals surface area contributed by atoms with Gasteiger partial charge in [-0.15, -0.1) is 0 Å². The fraction of sp³-hybridized carbons (Fsp3) is 0.304. The summed E-state index contributed by atoms with van der Waals surface area (Å²) in [4.78, 5) is 17.0. The number of benzene rings is 2. The smallest absolute Gasteiger partial charge is 0.271 e. The lowest BCUT2D eigenvalue weighted by Gasteiger charge is -2.36. The van der Waals surface area contributed by atoms with Crippen molar-refractivity contribution in [2.75, 3.05) is 20.6 Å². The molecule has 28 heavy (non-hydrogen) atoms. The molecule has 5 heteroatoms. The highest BCUT2D eigenvalue weighted by molar-refractivity contribution is 5.93. The summed E-state index contributed by atoms with van der Waals surface area (Å²) in [6.45, 7) is 3.66.